The van der Waals surface area contributed by atoms with Gasteiger partial charge in [-0.15, -0.1) is 0 Å². The lowest BCUT2D eigenvalue weighted by Crippen LogP contribution is -2.33. The number of hydrogen-bond acceptors (Lipinski definition) is 1. The average Bonchev–Trinajstić information content (AvgIpc) is 3.07. The maximum atomic E-state index is 4.45. The van der Waals surface area contributed by atoms with Crippen LogP contribution in [0.25, 0.3) is 17.7 Å². The van der Waals surface area contributed by atoms with Crippen molar-refractivity contribution in [2.75, 3.05) is 0 Å². The Bertz CT molecular complexity index is 1600. The zero-order valence-corrected chi connectivity index (χ0v) is 21.5. The summed E-state index contributed by atoms with van der Waals surface area (Å²) in [6.07, 6.45) is 17.4. The lowest BCUT2D eigenvalue weighted by molar-refractivity contribution is 0.205. The van der Waals surface area contributed by atoms with E-state index >= 15 is 0 Å². The van der Waals surface area contributed by atoms with Crippen molar-refractivity contribution in [3.05, 3.63) is 107 Å². The van der Waals surface area contributed by atoms with E-state index in [0.717, 1.165) is 24.7 Å². The summed E-state index contributed by atoms with van der Waals surface area (Å²) >= 11 is 2.43. The molecule has 3 aliphatic carbocycles. The lowest BCUT2D eigenvalue weighted by Gasteiger charge is -2.38. The Morgan fingerprint density at radius 3 is 2.59 bits per heavy atom. The molecule has 34 heavy (non-hydrogen) atoms. The number of nitrogens with zero attached hydrogens (tertiary/aromatic N) is 1. The van der Waals surface area contributed by atoms with E-state index in [9.17, 15) is 0 Å². The van der Waals surface area contributed by atoms with Crippen LogP contribution in [0, 0.1) is 25.8 Å². The third-order valence-electron chi connectivity index (χ3n) is 8.60. The topological polar surface area (TPSA) is 12.4 Å². The highest BCUT2D eigenvalue weighted by atomic mass is 127. The first-order valence-corrected chi connectivity index (χ1v) is 13.8. The van der Waals surface area contributed by atoms with Crippen LogP contribution in [0.3, 0.4) is 0 Å². The third-order valence-corrected chi connectivity index (χ3v) is 9.27. The van der Waals surface area contributed by atoms with Crippen LogP contribution in [-0.2, 0) is 19.3 Å². The average molecular weight is 553 g/mol. The first-order chi connectivity index (χ1) is 16.8. The fourth-order valence-corrected chi connectivity index (χ4v) is 7.16. The van der Waals surface area contributed by atoms with E-state index < -0.39 is 0 Å². The van der Waals surface area contributed by atoms with Crippen molar-refractivity contribution in [2.24, 2.45) is 16.8 Å². The second kappa shape index (κ2) is 8.34. The van der Waals surface area contributed by atoms with Gasteiger partial charge in [0.05, 0.1) is 0 Å². The van der Waals surface area contributed by atoms with E-state index in [1.807, 2.05) is 12.4 Å². The highest BCUT2D eigenvalue weighted by molar-refractivity contribution is 14.1. The van der Waals surface area contributed by atoms with Crippen LogP contribution in [-0.4, -0.2) is 6.21 Å². The Balaban J connectivity index is 1.52. The van der Waals surface area contributed by atoms with Crippen molar-refractivity contribution < 1.29 is 0 Å². The van der Waals surface area contributed by atoms with Crippen LogP contribution in [0.15, 0.2) is 59.7 Å². The van der Waals surface area contributed by atoms with Gasteiger partial charge in [-0.25, -0.2) is 0 Å². The Hall–Kier alpha value is -2.46. The van der Waals surface area contributed by atoms with E-state index in [-0.39, 0.29) is 0 Å². The van der Waals surface area contributed by atoms with Gasteiger partial charge in [0.2, 0.25) is 0 Å². The van der Waals surface area contributed by atoms with E-state index in [1.165, 1.54) is 73.2 Å². The standard InChI is InChI=1S/C32H28IN/c33-24-8-10-25-22(17-24)7-9-29-28(25)11-12-30-31(18-23(19-32(29)30)20-3-1-4-20)27-6-2-5-21-13-15-34-16-14-26(21)27/h2,5-8,10-12,14-17,20,23H,1,3-4,9,13,18-19H2. The molecule has 0 bridgehead atoms. The molecule has 2 heteroatoms. The Morgan fingerprint density at radius 2 is 1.71 bits per heavy atom. The fourth-order valence-electron chi connectivity index (χ4n) is 6.64. The van der Waals surface area contributed by atoms with Crippen LogP contribution in [0.4, 0.5) is 0 Å². The van der Waals surface area contributed by atoms with Gasteiger partial charge in [-0.2, -0.15) is 0 Å². The number of halogens is 1. The molecule has 3 aromatic carbocycles. The summed E-state index contributed by atoms with van der Waals surface area (Å²) < 4.78 is 1.32. The van der Waals surface area contributed by atoms with Gasteiger partial charge in [0.1, 0.15) is 0 Å². The summed E-state index contributed by atoms with van der Waals surface area (Å²) in [6, 6.07) is 18.7. The molecule has 0 aromatic heterocycles. The molecule has 1 unspecified atom stereocenters. The monoisotopic (exact) mass is 553 g/mol. The van der Waals surface area contributed by atoms with Gasteiger partial charge < -0.3 is 0 Å². The molecule has 1 fully saturated rings. The smallest absolute Gasteiger partial charge is 0.0270 e. The first-order valence-electron chi connectivity index (χ1n) is 12.7. The van der Waals surface area contributed by atoms with Gasteiger partial charge in [0.15, 0.2) is 0 Å². The highest BCUT2D eigenvalue weighted by Crippen LogP contribution is 2.42. The van der Waals surface area contributed by atoms with Crippen LogP contribution in [0.2, 0.25) is 0 Å². The van der Waals surface area contributed by atoms with Crippen molar-refractivity contribution in [1.29, 1.82) is 0 Å². The van der Waals surface area contributed by atoms with Crippen molar-refractivity contribution in [3.8, 4) is 0 Å². The van der Waals surface area contributed by atoms with E-state index in [2.05, 4.69) is 88.3 Å². The molecule has 1 saturated carbocycles. The van der Waals surface area contributed by atoms with Crippen molar-refractivity contribution >= 4 is 46.5 Å². The number of fused-ring (bicyclic) bond motifs is 5. The zero-order valence-electron chi connectivity index (χ0n) is 19.4. The van der Waals surface area contributed by atoms with Crippen molar-refractivity contribution in [2.45, 2.75) is 44.9 Å². The molecule has 1 nitrogen and oxygen atoms in total. The summed E-state index contributed by atoms with van der Waals surface area (Å²) in [4.78, 5) is 4.45. The summed E-state index contributed by atoms with van der Waals surface area (Å²) in [5, 5.41) is 5.77. The minimum atomic E-state index is 0.766. The number of benzene rings is 3. The highest BCUT2D eigenvalue weighted by Gasteiger charge is 2.32. The minimum absolute atomic E-state index is 0.766. The normalized spacial score (nSPS) is 20.4. The largest absolute Gasteiger partial charge is 0.269 e. The van der Waals surface area contributed by atoms with Crippen LogP contribution >= 0.6 is 22.6 Å². The van der Waals surface area contributed by atoms with Gasteiger partial charge in [-0.1, -0.05) is 61.7 Å². The zero-order chi connectivity index (χ0) is 22.6. The molecule has 1 aliphatic heterocycles. The van der Waals surface area contributed by atoms with Gasteiger partial charge in [-0.3, -0.25) is 4.99 Å². The Labute approximate surface area is 214 Å². The molecule has 3 aromatic rings. The van der Waals surface area contributed by atoms with Crippen molar-refractivity contribution in [3.63, 3.8) is 0 Å². The van der Waals surface area contributed by atoms with Gasteiger partial charge >= 0.3 is 0 Å². The van der Waals surface area contributed by atoms with Crippen LogP contribution < -0.4 is 10.4 Å². The molecular formula is C32H28IN. The lowest BCUT2D eigenvalue weighted by atomic mass is 9.67. The van der Waals surface area contributed by atoms with E-state index in [0.29, 0.717) is 0 Å². The molecule has 0 amide bonds. The maximum absolute atomic E-state index is 4.45. The summed E-state index contributed by atoms with van der Waals surface area (Å²) in [6.45, 7) is 0. The molecule has 1 heterocycles. The second-order valence-electron chi connectivity index (χ2n) is 10.3. The number of rotatable bonds is 2. The van der Waals surface area contributed by atoms with Gasteiger partial charge in [0.25, 0.3) is 0 Å². The quantitative estimate of drug-likeness (QED) is 0.342. The molecule has 1 atom stereocenters. The van der Waals surface area contributed by atoms with Crippen LogP contribution in [0.5, 0.6) is 0 Å². The SMILES string of the molecule is Ic1ccc2c(c1)=CCc1c3c(ccc1=2)=C(c1cccc2c1C=CN=CC2)CC(C1CCC1)C3. The summed E-state index contributed by atoms with van der Waals surface area (Å²) in [5.74, 6) is 1.66. The van der Waals surface area contributed by atoms with Gasteiger partial charge in [-0.05, 0) is 126 Å². The van der Waals surface area contributed by atoms with E-state index in [1.54, 1.807) is 16.7 Å². The van der Waals surface area contributed by atoms with E-state index in [4.69, 9.17) is 0 Å². The molecule has 0 spiro atoms. The Morgan fingerprint density at radius 1 is 0.824 bits per heavy atom. The fraction of sp³-hybridized carbons (Fsp3) is 0.281. The minimum Gasteiger partial charge on any atom is -0.269 e. The Kier molecular flexibility index (Phi) is 5.12. The molecule has 7 rings (SSSR count). The summed E-state index contributed by atoms with van der Waals surface area (Å²) in [7, 11) is 0. The maximum Gasteiger partial charge on any atom is 0.0270 e. The first kappa shape index (κ1) is 20.9. The van der Waals surface area contributed by atoms with Crippen molar-refractivity contribution in [1.82, 2.24) is 0 Å². The number of aliphatic imine (C=N–C) groups is 1. The number of hydrogen-bond donors (Lipinski definition) is 0. The second-order valence-corrected chi connectivity index (χ2v) is 11.6. The molecule has 0 N–H and O–H groups in total. The predicted octanol–water partition coefficient (Wildman–Crippen LogP) is 6.07. The molecule has 4 aliphatic rings. The molecule has 168 valence electrons. The molecular weight excluding hydrogens is 525 g/mol. The summed E-state index contributed by atoms with van der Waals surface area (Å²) in [5.41, 5.74) is 8.97. The molecule has 0 saturated heterocycles. The predicted molar refractivity (Wildman–Crippen MR) is 150 cm³/mol. The third kappa shape index (κ3) is 3.37. The molecule has 0 radical (unpaired) electrons. The van der Waals surface area contributed by atoms with Gasteiger partial charge in [0, 0.05) is 22.4 Å². The van der Waals surface area contributed by atoms with Crippen LogP contribution in [0.1, 0.15) is 53.5 Å².